The number of hydrogen-bond donors (Lipinski definition) is 1. The van der Waals surface area contributed by atoms with Crippen molar-refractivity contribution in [3.05, 3.63) is 41.1 Å². The van der Waals surface area contributed by atoms with Gasteiger partial charge in [0.25, 0.3) is 0 Å². The fourth-order valence-electron chi connectivity index (χ4n) is 2.27. The molecule has 0 saturated carbocycles. The van der Waals surface area contributed by atoms with Crippen LogP contribution in [-0.4, -0.2) is 20.9 Å². The van der Waals surface area contributed by atoms with E-state index in [1.807, 2.05) is 32.0 Å². The molecule has 0 unspecified atom stereocenters. The number of benzene rings is 1. The fourth-order valence-corrected chi connectivity index (χ4v) is 2.27. The van der Waals surface area contributed by atoms with Gasteiger partial charge in [0.1, 0.15) is 11.3 Å². The first-order valence-electron chi connectivity index (χ1n) is 7.27. The van der Waals surface area contributed by atoms with Crippen molar-refractivity contribution in [2.75, 3.05) is 0 Å². The van der Waals surface area contributed by atoms with E-state index in [-0.39, 0.29) is 5.56 Å². The highest BCUT2D eigenvalue weighted by Gasteiger charge is 2.18. The second-order valence-corrected chi connectivity index (χ2v) is 5.96. The van der Waals surface area contributed by atoms with E-state index in [9.17, 15) is 9.90 Å². The summed E-state index contributed by atoms with van der Waals surface area (Å²) in [5.74, 6) is -0.367. The van der Waals surface area contributed by atoms with Crippen molar-refractivity contribution < 1.29 is 9.90 Å². The Hall–Kier alpha value is -2.10. The molecule has 1 N–H and O–H groups in total. The zero-order chi connectivity index (χ0) is 15.6. The quantitative estimate of drug-likeness (QED) is 0.906. The largest absolute Gasteiger partial charge is 0.478 e. The third kappa shape index (κ3) is 3.51. The Labute approximate surface area is 125 Å². The van der Waals surface area contributed by atoms with Crippen LogP contribution in [0, 0.1) is 19.8 Å². The zero-order valence-corrected chi connectivity index (χ0v) is 13.1. The lowest BCUT2D eigenvalue weighted by molar-refractivity contribution is 0.0697. The minimum Gasteiger partial charge on any atom is -0.478 e. The molecule has 4 heteroatoms. The van der Waals surface area contributed by atoms with Gasteiger partial charge in [-0.3, -0.25) is 4.68 Å². The molecule has 0 spiro atoms. The molecule has 0 aliphatic rings. The first-order chi connectivity index (χ1) is 9.88. The van der Waals surface area contributed by atoms with E-state index in [0.29, 0.717) is 11.6 Å². The van der Waals surface area contributed by atoms with Crippen molar-refractivity contribution in [2.24, 2.45) is 5.92 Å². The smallest absolute Gasteiger partial charge is 0.339 e. The molecule has 1 aromatic carbocycles. The van der Waals surface area contributed by atoms with Crippen molar-refractivity contribution in [1.29, 1.82) is 0 Å². The van der Waals surface area contributed by atoms with E-state index in [1.165, 1.54) is 0 Å². The summed E-state index contributed by atoms with van der Waals surface area (Å²) in [7, 11) is 0. The molecule has 0 saturated heterocycles. The molecule has 21 heavy (non-hydrogen) atoms. The molecule has 112 valence electrons. The minimum absolute atomic E-state index is 0.271. The maximum Gasteiger partial charge on any atom is 0.339 e. The van der Waals surface area contributed by atoms with Crippen LogP contribution in [0.25, 0.3) is 11.3 Å². The monoisotopic (exact) mass is 286 g/mol. The SMILES string of the molecule is Cc1ccc(C)c(-c2nn(CCC(C)C)cc2C(=O)O)c1. The molecular formula is C17H22N2O2. The maximum absolute atomic E-state index is 11.5. The normalized spacial score (nSPS) is 11.1. The number of carboxylic acids is 1. The van der Waals surface area contributed by atoms with Crippen LogP contribution in [0.15, 0.2) is 24.4 Å². The van der Waals surface area contributed by atoms with Gasteiger partial charge in [-0.2, -0.15) is 5.10 Å². The molecule has 0 aliphatic heterocycles. The second-order valence-electron chi connectivity index (χ2n) is 5.96. The average Bonchev–Trinajstić information content (AvgIpc) is 2.83. The van der Waals surface area contributed by atoms with Crippen LogP contribution in [0.2, 0.25) is 0 Å². The molecule has 2 rings (SSSR count). The van der Waals surface area contributed by atoms with E-state index in [2.05, 4.69) is 18.9 Å². The van der Waals surface area contributed by atoms with Crippen molar-refractivity contribution in [3.63, 3.8) is 0 Å². The van der Waals surface area contributed by atoms with Gasteiger partial charge in [0.15, 0.2) is 0 Å². The summed E-state index contributed by atoms with van der Waals surface area (Å²) in [5.41, 5.74) is 3.87. The van der Waals surface area contributed by atoms with Gasteiger partial charge in [0, 0.05) is 18.3 Å². The van der Waals surface area contributed by atoms with Gasteiger partial charge in [-0.1, -0.05) is 31.5 Å². The highest BCUT2D eigenvalue weighted by molar-refractivity contribution is 5.95. The summed E-state index contributed by atoms with van der Waals surface area (Å²) in [5, 5.41) is 13.9. The molecule has 0 atom stereocenters. The van der Waals surface area contributed by atoms with E-state index in [0.717, 1.165) is 29.7 Å². The zero-order valence-electron chi connectivity index (χ0n) is 13.1. The molecule has 0 radical (unpaired) electrons. The molecule has 0 fully saturated rings. The number of aromatic nitrogens is 2. The summed E-state index contributed by atoms with van der Waals surface area (Å²) in [6.07, 6.45) is 2.62. The highest BCUT2D eigenvalue weighted by Crippen LogP contribution is 2.27. The first-order valence-corrected chi connectivity index (χ1v) is 7.27. The van der Waals surface area contributed by atoms with Gasteiger partial charge in [-0.15, -0.1) is 0 Å². The van der Waals surface area contributed by atoms with Crippen LogP contribution in [0.1, 0.15) is 41.8 Å². The molecule has 0 amide bonds. The van der Waals surface area contributed by atoms with Gasteiger partial charge in [0.05, 0.1) is 0 Å². The van der Waals surface area contributed by atoms with Crippen LogP contribution in [0.3, 0.4) is 0 Å². The van der Waals surface area contributed by atoms with Crippen LogP contribution < -0.4 is 0 Å². The lowest BCUT2D eigenvalue weighted by Crippen LogP contribution is -2.02. The molecule has 2 aromatic rings. The van der Waals surface area contributed by atoms with E-state index in [1.54, 1.807) is 10.9 Å². The van der Waals surface area contributed by atoms with Crippen molar-refractivity contribution >= 4 is 5.97 Å². The summed E-state index contributed by atoms with van der Waals surface area (Å²) >= 11 is 0. The third-order valence-electron chi connectivity index (χ3n) is 3.58. The predicted molar refractivity (Wildman–Crippen MR) is 83.6 cm³/mol. The number of rotatable bonds is 5. The van der Waals surface area contributed by atoms with Crippen molar-refractivity contribution in [2.45, 2.75) is 40.7 Å². The van der Waals surface area contributed by atoms with Gasteiger partial charge in [-0.05, 0) is 37.8 Å². The third-order valence-corrected chi connectivity index (χ3v) is 3.58. The average molecular weight is 286 g/mol. The van der Waals surface area contributed by atoms with E-state index >= 15 is 0 Å². The Balaban J connectivity index is 2.46. The molecule has 0 aliphatic carbocycles. The van der Waals surface area contributed by atoms with E-state index < -0.39 is 5.97 Å². The Morgan fingerprint density at radius 1 is 1.33 bits per heavy atom. The van der Waals surface area contributed by atoms with Crippen molar-refractivity contribution in [3.8, 4) is 11.3 Å². The molecule has 1 aromatic heterocycles. The standard InChI is InChI=1S/C17H22N2O2/c1-11(2)7-8-19-10-15(17(20)21)16(18-19)14-9-12(3)5-6-13(14)4/h5-6,9-11H,7-8H2,1-4H3,(H,20,21). The topological polar surface area (TPSA) is 55.1 Å². The fraction of sp³-hybridized carbons (Fsp3) is 0.412. The second kappa shape index (κ2) is 6.12. The van der Waals surface area contributed by atoms with Crippen LogP contribution in [0.4, 0.5) is 0 Å². The van der Waals surface area contributed by atoms with Gasteiger partial charge in [0.2, 0.25) is 0 Å². The number of aryl methyl sites for hydroxylation is 3. The van der Waals surface area contributed by atoms with Crippen LogP contribution >= 0.6 is 0 Å². The lowest BCUT2D eigenvalue weighted by atomic mass is 10.0. The number of aromatic carboxylic acids is 1. The Morgan fingerprint density at radius 3 is 2.67 bits per heavy atom. The predicted octanol–water partition coefficient (Wildman–Crippen LogP) is 3.91. The summed E-state index contributed by atoms with van der Waals surface area (Å²) in [6, 6.07) is 6.02. The maximum atomic E-state index is 11.5. The van der Waals surface area contributed by atoms with E-state index in [4.69, 9.17) is 0 Å². The minimum atomic E-state index is -0.929. The van der Waals surface area contributed by atoms with Gasteiger partial charge >= 0.3 is 5.97 Å². The van der Waals surface area contributed by atoms with Crippen LogP contribution in [0.5, 0.6) is 0 Å². The number of carbonyl (C=O) groups is 1. The van der Waals surface area contributed by atoms with Gasteiger partial charge in [-0.25, -0.2) is 4.79 Å². The number of carboxylic acid groups (broad SMARTS) is 1. The molecule has 1 heterocycles. The van der Waals surface area contributed by atoms with Crippen molar-refractivity contribution in [1.82, 2.24) is 9.78 Å². The molecule has 0 bridgehead atoms. The first kappa shape index (κ1) is 15.3. The van der Waals surface area contributed by atoms with Crippen LogP contribution in [-0.2, 0) is 6.54 Å². The lowest BCUT2D eigenvalue weighted by Gasteiger charge is -2.06. The number of nitrogens with zero attached hydrogens (tertiary/aromatic N) is 2. The number of hydrogen-bond acceptors (Lipinski definition) is 2. The highest BCUT2D eigenvalue weighted by atomic mass is 16.4. The summed E-state index contributed by atoms with van der Waals surface area (Å²) in [4.78, 5) is 11.5. The summed E-state index contributed by atoms with van der Waals surface area (Å²) < 4.78 is 1.75. The molecule has 4 nitrogen and oxygen atoms in total. The van der Waals surface area contributed by atoms with Gasteiger partial charge < -0.3 is 5.11 Å². The Bertz CT molecular complexity index is 657. The Morgan fingerprint density at radius 2 is 2.05 bits per heavy atom. The molecular weight excluding hydrogens is 264 g/mol. The Kier molecular flexibility index (Phi) is 4.46. The summed E-state index contributed by atoms with van der Waals surface area (Å²) in [6.45, 7) is 9.01.